The number of sulfonamides is 1. The molecule has 11 heteroatoms. The average molecular weight is 578 g/mol. The molecule has 0 fully saturated rings. The highest BCUT2D eigenvalue weighted by Crippen LogP contribution is 2.35. The Balaban J connectivity index is 2.49. The Morgan fingerprint density at radius 1 is 1.10 bits per heavy atom. The molecule has 0 spiro atoms. The second kappa shape index (κ2) is 9.54. The zero-order valence-corrected chi connectivity index (χ0v) is 20.7. The van der Waals surface area contributed by atoms with Gasteiger partial charge in [0, 0.05) is 14.7 Å². The Morgan fingerprint density at radius 2 is 1.72 bits per heavy atom. The SMILES string of the molecule is C[Si](C)(C)CCOCN(c1ccc(F)c(I)c1Cl)S(=O)(=O)c1cc(F)ccc1F. The molecule has 0 N–H and O–H groups in total. The summed E-state index contributed by atoms with van der Waals surface area (Å²) in [6, 6.07) is 5.11. The van der Waals surface area contributed by atoms with Crippen molar-refractivity contribution in [3.05, 3.63) is 56.4 Å². The maximum Gasteiger partial charge on any atom is 0.269 e. The van der Waals surface area contributed by atoms with Crippen LogP contribution in [0.3, 0.4) is 0 Å². The van der Waals surface area contributed by atoms with Crippen LogP contribution in [0.2, 0.25) is 30.7 Å². The minimum absolute atomic E-state index is 0.00350. The van der Waals surface area contributed by atoms with Gasteiger partial charge in [-0.1, -0.05) is 31.2 Å². The van der Waals surface area contributed by atoms with Gasteiger partial charge < -0.3 is 4.74 Å². The van der Waals surface area contributed by atoms with Crippen LogP contribution < -0.4 is 4.31 Å². The molecule has 0 atom stereocenters. The number of halogens is 5. The second-order valence-electron chi connectivity index (χ2n) is 7.47. The van der Waals surface area contributed by atoms with Gasteiger partial charge in [-0.3, -0.25) is 0 Å². The van der Waals surface area contributed by atoms with Crippen LogP contribution in [0.4, 0.5) is 18.9 Å². The fourth-order valence-electron chi connectivity index (χ4n) is 2.30. The third-order valence-corrected chi connectivity index (χ3v) is 9.16. The molecule has 0 aliphatic heterocycles. The van der Waals surface area contributed by atoms with Crippen molar-refractivity contribution in [1.82, 2.24) is 0 Å². The van der Waals surface area contributed by atoms with Crippen molar-refractivity contribution in [2.45, 2.75) is 30.6 Å². The summed E-state index contributed by atoms with van der Waals surface area (Å²) >= 11 is 7.81. The molecule has 0 heterocycles. The minimum Gasteiger partial charge on any atom is -0.360 e. The van der Waals surface area contributed by atoms with Gasteiger partial charge in [-0.2, -0.15) is 0 Å². The first-order valence-electron chi connectivity index (χ1n) is 8.53. The van der Waals surface area contributed by atoms with Gasteiger partial charge in [0.05, 0.1) is 14.3 Å². The molecule has 0 unspecified atom stereocenters. The van der Waals surface area contributed by atoms with Crippen LogP contribution >= 0.6 is 34.2 Å². The van der Waals surface area contributed by atoms with E-state index in [0.717, 1.165) is 34.6 Å². The largest absolute Gasteiger partial charge is 0.360 e. The van der Waals surface area contributed by atoms with E-state index in [2.05, 4.69) is 19.6 Å². The van der Waals surface area contributed by atoms with Crippen molar-refractivity contribution in [1.29, 1.82) is 0 Å². The summed E-state index contributed by atoms with van der Waals surface area (Å²) in [4.78, 5) is -0.860. The van der Waals surface area contributed by atoms with Crippen LogP contribution in [-0.4, -0.2) is 29.8 Å². The summed E-state index contributed by atoms with van der Waals surface area (Å²) in [6.07, 6.45) is 0. The highest BCUT2D eigenvalue weighted by atomic mass is 127. The van der Waals surface area contributed by atoms with E-state index >= 15 is 0 Å². The normalized spacial score (nSPS) is 12.3. The van der Waals surface area contributed by atoms with Crippen molar-refractivity contribution in [2.75, 3.05) is 17.6 Å². The van der Waals surface area contributed by atoms with Crippen LogP contribution in [0.5, 0.6) is 0 Å². The topological polar surface area (TPSA) is 46.6 Å². The van der Waals surface area contributed by atoms with Gasteiger partial charge in [0.15, 0.2) is 0 Å². The third-order valence-electron chi connectivity index (χ3n) is 3.95. The molecular formula is C18H20ClF3INO3SSi. The van der Waals surface area contributed by atoms with Crippen molar-refractivity contribution in [3.8, 4) is 0 Å². The van der Waals surface area contributed by atoms with E-state index in [1.165, 1.54) is 0 Å². The van der Waals surface area contributed by atoms with Crippen molar-refractivity contribution in [3.63, 3.8) is 0 Å². The van der Waals surface area contributed by atoms with Gasteiger partial charge in [-0.05, 0) is 59.0 Å². The summed E-state index contributed by atoms with van der Waals surface area (Å²) in [6.45, 7) is 6.19. The second-order valence-corrected chi connectivity index (χ2v) is 16.4. The molecule has 4 nitrogen and oxygen atoms in total. The molecule has 160 valence electrons. The quantitative estimate of drug-likeness (QED) is 0.130. The van der Waals surface area contributed by atoms with E-state index in [-0.39, 0.29) is 20.9 Å². The number of nitrogens with zero attached hydrogens (tertiary/aromatic N) is 1. The molecule has 0 amide bonds. The summed E-state index contributed by atoms with van der Waals surface area (Å²) in [7, 11) is -6.02. The van der Waals surface area contributed by atoms with Crippen LogP contribution in [-0.2, 0) is 14.8 Å². The summed E-state index contributed by atoms with van der Waals surface area (Å²) < 4.78 is 74.2. The molecule has 2 rings (SSSR count). The van der Waals surface area contributed by atoms with E-state index in [4.69, 9.17) is 16.3 Å². The Morgan fingerprint density at radius 3 is 2.34 bits per heavy atom. The first-order chi connectivity index (χ1) is 13.3. The lowest BCUT2D eigenvalue weighted by molar-refractivity contribution is 0.156. The zero-order valence-electron chi connectivity index (χ0n) is 16.0. The van der Waals surface area contributed by atoms with Gasteiger partial charge >= 0.3 is 0 Å². The summed E-state index contributed by atoms with van der Waals surface area (Å²) in [5.41, 5.74) is -0.0888. The molecule has 0 aromatic heterocycles. The number of anilines is 1. The van der Waals surface area contributed by atoms with Crippen molar-refractivity contribution in [2.24, 2.45) is 0 Å². The molecule has 2 aromatic carbocycles. The van der Waals surface area contributed by atoms with Crippen LogP contribution in [0.15, 0.2) is 35.2 Å². The van der Waals surface area contributed by atoms with E-state index < -0.39 is 47.2 Å². The number of hydrogen-bond donors (Lipinski definition) is 0. The Hall–Kier alpha value is -0.823. The van der Waals surface area contributed by atoms with E-state index in [0.29, 0.717) is 6.07 Å². The van der Waals surface area contributed by atoms with Crippen molar-refractivity contribution < 1.29 is 26.3 Å². The highest BCUT2D eigenvalue weighted by Gasteiger charge is 2.31. The molecule has 0 aliphatic carbocycles. The first-order valence-corrected chi connectivity index (χ1v) is 15.1. The van der Waals surface area contributed by atoms with Crippen LogP contribution in [0.25, 0.3) is 0 Å². The number of benzene rings is 2. The molecule has 2 aromatic rings. The van der Waals surface area contributed by atoms with Crippen LogP contribution in [0.1, 0.15) is 0 Å². The van der Waals surface area contributed by atoms with Gasteiger partial charge in [-0.25, -0.2) is 25.9 Å². The zero-order chi connectivity index (χ0) is 22.0. The lowest BCUT2D eigenvalue weighted by Crippen LogP contribution is -2.35. The standard InChI is InChI=1S/C18H20ClF3INO3SSi/c1-29(2,3)9-8-27-11-24(15-7-6-14(22)18(23)17(15)19)28(25,26)16-10-12(20)4-5-13(16)21/h4-7,10H,8-9,11H2,1-3H3. The monoisotopic (exact) mass is 577 g/mol. The molecular weight excluding hydrogens is 558 g/mol. The Kier molecular flexibility index (Phi) is 8.04. The van der Waals surface area contributed by atoms with E-state index in [1.54, 1.807) is 22.6 Å². The van der Waals surface area contributed by atoms with Crippen LogP contribution in [0, 0.1) is 21.0 Å². The minimum atomic E-state index is -4.58. The van der Waals surface area contributed by atoms with Gasteiger partial charge in [-0.15, -0.1) is 0 Å². The fourth-order valence-corrected chi connectivity index (χ4v) is 5.25. The number of ether oxygens (including phenoxy) is 1. The number of rotatable bonds is 8. The van der Waals surface area contributed by atoms with Gasteiger partial charge in [0.1, 0.15) is 29.1 Å². The Bertz CT molecular complexity index is 1000. The van der Waals surface area contributed by atoms with E-state index in [1.807, 2.05) is 0 Å². The third kappa shape index (κ3) is 6.09. The average Bonchev–Trinajstić information content (AvgIpc) is 2.61. The molecule has 0 radical (unpaired) electrons. The number of hydrogen-bond acceptors (Lipinski definition) is 3. The maximum atomic E-state index is 14.2. The molecule has 0 bridgehead atoms. The molecule has 0 saturated heterocycles. The lowest BCUT2D eigenvalue weighted by atomic mass is 10.3. The predicted molar refractivity (Wildman–Crippen MR) is 119 cm³/mol. The Labute approximate surface area is 188 Å². The predicted octanol–water partition coefficient (Wildman–Crippen LogP) is 5.87. The van der Waals surface area contributed by atoms with Gasteiger partial charge in [0.2, 0.25) is 0 Å². The fraction of sp³-hybridized carbons (Fsp3) is 0.333. The summed E-state index contributed by atoms with van der Waals surface area (Å²) in [5.74, 6) is -2.66. The lowest BCUT2D eigenvalue weighted by Gasteiger charge is -2.26. The summed E-state index contributed by atoms with van der Waals surface area (Å²) in [5, 5.41) is -0.167. The first kappa shape index (κ1) is 24.4. The molecule has 0 aliphatic rings. The molecule has 29 heavy (non-hydrogen) atoms. The molecule has 0 saturated carbocycles. The maximum absolute atomic E-state index is 14.2. The van der Waals surface area contributed by atoms with Gasteiger partial charge in [0.25, 0.3) is 10.0 Å². The van der Waals surface area contributed by atoms with Crippen molar-refractivity contribution >= 4 is 58.0 Å². The van der Waals surface area contributed by atoms with E-state index in [9.17, 15) is 21.6 Å². The highest BCUT2D eigenvalue weighted by molar-refractivity contribution is 14.1. The smallest absolute Gasteiger partial charge is 0.269 e.